The van der Waals surface area contributed by atoms with Crippen LogP contribution in [0.5, 0.6) is 0 Å². The Morgan fingerprint density at radius 2 is 1.54 bits per heavy atom. The zero-order valence-electron chi connectivity index (χ0n) is 15.0. The summed E-state index contributed by atoms with van der Waals surface area (Å²) in [4.78, 5) is 27.3. The van der Waals surface area contributed by atoms with Crippen molar-refractivity contribution in [3.63, 3.8) is 0 Å². The summed E-state index contributed by atoms with van der Waals surface area (Å²) in [6.45, 7) is 3.16. The van der Waals surface area contributed by atoms with Crippen LogP contribution >= 0.6 is 0 Å². The zero-order chi connectivity index (χ0) is 19.1. The van der Waals surface area contributed by atoms with Crippen molar-refractivity contribution in [2.75, 3.05) is 37.3 Å². The molecule has 0 radical (unpaired) electrons. The van der Waals surface area contributed by atoms with Gasteiger partial charge in [0.1, 0.15) is 5.69 Å². The van der Waals surface area contributed by atoms with E-state index in [9.17, 15) is 18.0 Å². The molecule has 0 saturated carbocycles. The van der Waals surface area contributed by atoms with Crippen LogP contribution in [-0.4, -0.2) is 54.3 Å². The van der Waals surface area contributed by atoms with Gasteiger partial charge in [-0.25, -0.2) is 13.2 Å². The highest BCUT2D eigenvalue weighted by molar-refractivity contribution is 7.88. The molecular weight excluding hydrogens is 356 g/mol. The molecule has 2 aromatic rings. The van der Waals surface area contributed by atoms with Gasteiger partial charge in [-0.3, -0.25) is 13.9 Å². The molecule has 1 aliphatic rings. The van der Waals surface area contributed by atoms with Gasteiger partial charge < -0.3 is 4.90 Å². The highest BCUT2D eigenvalue weighted by Crippen LogP contribution is 2.19. The molecular formula is C17H22N4O4S. The van der Waals surface area contributed by atoms with Gasteiger partial charge in [-0.05, 0) is 19.1 Å². The van der Waals surface area contributed by atoms with Crippen LogP contribution in [0.3, 0.4) is 0 Å². The second kappa shape index (κ2) is 6.73. The van der Waals surface area contributed by atoms with Crippen molar-refractivity contribution < 1.29 is 8.42 Å². The van der Waals surface area contributed by atoms with Crippen LogP contribution < -0.4 is 16.1 Å². The molecule has 0 unspecified atom stereocenters. The molecule has 0 amide bonds. The molecule has 1 aromatic heterocycles. The standard InChI is InChI=1S/C17H22N4O4S/c1-13-15(19-9-11-20(12-10-19)26(3,24)25)16(22)18(2)17(23)21(13)14-7-5-4-6-8-14/h4-8H,9-12H2,1-3H3. The number of hydrogen-bond acceptors (Lipinski definition) is 5. The lowest BCUT2D eigenvalue weighted by Crippen LogP contribution is -2.51. The molecule has 9 heteroatoms. The first-order valence-corrected chi connectivity index (χ1v) is 10.1. The Hall–Kier alpha value is -2.39. The average Bonchev–Trinajstić information content (AvgIpc) is 2.61. The molecule has 1 saturated heterocycles. The summed E-state index contributed by atoms with van der Waals surface area (Å²) in [6, 6.07) is 9.14. The maximum absolute atomic E-state index is 12.7. The molecule has 8 nitrogen and oxygen atoms in total. The van der Waals surface area contributed by atoms with Gasteiger partial charge >= 0.3 is 5.69 Å². The summed E-state index contributed by atoms with van der Waals surface area (Å²) < 4.78 is 27.4. The van der Waals surface area contributed by atoms with Gasteiger partial charge in [-0.1, -0.05) is 18.2 Å². The van der Waals surface area contributed by atoms with Crippen LogP contribution in [0.25, 0.3) is 5.69 Å². The van der Waals surface area contributed by atoms with E-state index in [1.54, 1.807) is 6.92 Å². The number of para-hydroxylation sites is 1. The van der Waals surface area contributed by atoms with Gasteiger partial charge in [0.25, 0.3) is 5.56 Å². The van der Waals surface area contributed by atoms with E-state index in [1.165, 1.54) is 22.2 Å². The van der Waals surface area contributed by atoms with Crippen molar-refractivity contribution in [2.45, 2.75) is 6.92 Å². The summed E-state index contributed by atoms with van der Waals surface area (Å²) >= 11 is 0. The Morgan fingerprint density at radius 3 is 2.08 bits per heavy atom. The largest absolute Gasteiger partial charge is 0.363 e. The quantitative estimate of drug-likeness (QED) is 0.746. The molecule has 0 spiro atoms. The molecule has 0 bridgehead atoms. The predicted molar refractivity (Wildman–Crippen MR) is 101 cm³/mol. The van der Waals surface area contributed by atoms with Crippen LogP contribution in [0.2, 0.25) is 0 Å². The Morgan fingerprint density at radius 1 is 0.962 bits per heavy atom. The highest BCUT2D eigenvalue weighted by atomic mass is 32.2. The van der Waals surface area contributed by atoms with E-state index in [-0.39, 0.29) is 5.56 Å². The Balaban J connectivity index is 2.08. The third kappa shape index (κ3) is 3.19. The van der Waals surface area contributed by atoms with Gasteiger partial charge in [0, 0.05) is 33.2 Å². The van der Waals surface area contributed by atoms with Gasteiger partial charge in [-0.2, -0.15) is 4.31 Å². The van der Waals surface area contributed by atoms with Crippen molar-refractivity contribution in [1.29, 1.82) is 0 Å². The lowest BCUT2D eigenvalue weighted by Gasteiger charge is -2.35. The van der Waals surface area contributed by atoms with Crippen LogP contribution in [-0.2, 0) is 17.1 Å². The second-order valence-electron chi connectivity index (χ2n) is 6.40. The predicted octanol–water partition coefficient (Wildman–Crippen LogP) is -0.0738. The molecule has 26 heavy (non-hydrogen) atoms. The number of rotatable bonds is 3. The summed E-state index contributed by atoms with van der Waals surface area (Å²) in [6.07, 6.45) is 1.18. The number of hydrogen-bond donors (Lipinski definition) is 0. The maximum atomic E-state index is 12.7. The smallest absolute Gasteiger partial charge is 0.335 e. The topological polar surface area (TPSA) is 84.6 Å². The number of aromatic nitrogens is 2. The van der Waals surface area contributed by atoms with Crippen LogP contribution in [0.1, 0.15) is 5.69 Å². The van der Waals surface area contributed by atoms with Gasteiger partial charge in [0.05, 0.1) is 17.6 Å². The lowest BCUT2D eigenvalue weighted by molar-refractivity contribution is 0.386. The van der Waals surface area contributed by atoms with E-state index >= 15 is 0 Å². The lowest BCUT2D eigenvalue weighted by atomic mass is 10.2. The first-order chi connectivity index (χ1) is 12.2. The van der Waals surface area contributed by atoms with E-state index in [0.717, 1.165) is 4.57 Å². The van der Waals surface area contributed by atoms with Gasteiger partial charge in [0.2, 0.25) is 10.0 Å². The zero-order valence-corrected chi connectivity index (χ0v) is 15.9. The normalized spacial score (nSPS) is 16.0. The Bertz CT molecular complexity index is 1030. The molecule has 140 valence electrons. The minimum atomic E-state index is -3.25. The van der Waals surface area contributed by atoms with E-state index in [4.69, 9.17) is 0 Å². The summed E-state index contributed by atoms with van der Waals surface area (Å²) in [5.74, 6) is 0. The molecule has 1 fully saturated rings. The van der Waals surface area contributed by atoms with Crippen molar-refractivity contribution in [3.8, 4) is 5.69 Å². The summed E-state index contributed by atoms with van der Waals surface area (Å²) in [5.41, 5.74) is 0.896. The first kappa shape index (κ1) is 18.4. The molecule has 0 atom stereocenters. The maximum Gasteiger partial charge on any atom is 0.335 e. The van der Waals surface area contributed by atoms with E-state index in [2.05, 4.69) is 0 Å². The molecule has 2 heterocycles. The third-order valence-corrected chi connectivity index (χ3v) is 6.01. The Kier molecular flexibility index (Phi) is 4.76. The van der Waals surface area contributed by atoms with Crippen molar-refractivity contribution >= 4 is 15.7 Å². The fraction of sp³-hybridized carbons (Fsp3) is 0.412. The molecule has 1 aliphatic heterocycles. The fourth-order valence-corrected chi connectivity index (χ4v) is 4.12. The van der Waals surface area contributed by atoms with Crippen LogP contribution in [0.4, 0.5) is 5.69 Å². The van der Waals surface area contributed by atoms with Crippen LogP contribution in [0.15, 0.2) is 39.9 Å². The van der Waals surface area contributed by atoms with E-state index in [0.29, 0.717) is 43.2 Å². The van der Waals surface area contributed by atoms with Gasteiger partial charge in [-0.15, -0.1) is 0 Å². The SMILES string of the molecule is Cc1c(N2CCN(S(C)(=O)=O)CC2)c(=O)n(C)c(=O)n1-c1ccccc1. The number of nitrogens with zero attached hydrogens (tertiary/aromatic N) is 4. The average molecular weight is 378 g/mol. The Labute approximate surface area is 151 Å². The fourth-order valence-electron chi connectivity index (χ4n) is 3.29. The number of piperazine rings is 1. The molecule has 3 rings (SSSR count). The minimum Gasteiger partial charge on any atom is -0.363 e. The molecule has 0 N–H and O–H groups in total. The molecule has 1 aromatic carbocycles. The number of benzene rings is 1. The second-order valence-corrected chi connectivity index (χ2v) is 8.38. The number of sulfonamides is 1. The highest BCUT2D eigenvalue weighted by Gasteiger charge is 2.27. The monoisotopic (exact) mass is 378 g/mol. The van der Waals surface area contributed by atoms with E-state index < -0.39 is 15.7 Å². The third-order valence-electron chi connectivity index (χ3n) is 4.70. The minimum absolute atomic E-state index is 0.311. The van der Waals surface area contributed by atoms with Crippen molar-refractivity contribution in [1.82, 2.24) is 13.4 Å². The first-order valence-electron chi connectivity index (χ1n) is 8.30. The van der Waals surface area contributed by atoms with E-state index in [1.807, 2.05) is 35.2 Å². The van der Waals surface area contributed by atoms with Crippen molar-refractivity contribution in [3.05, 3.63) is 56.9 Å². The van der Waals surface area contributed by atoms with Crippen molar-refractivity contribution in [2.24, 2.45) is 7.05 Å². The molecule has 0 aliphatic carbocycles. The van der Waals surface area contributed by atoms with Gasteiger partial charge in [0.15, 0.2) is 0 Å². The summed E-state index contributed by atoms with van der Waals surface area (Å²) in [7, 11) is -1.79. The summed E-state index contributed by atoms with van der Waals surface area (Å²) in [5, 5.41) is 0. The number of anilines is 1. The van der Waals surface area contributed by atoms with Crippen LogP contribution in [0, 0.1) is 6.92 Å².